The molecule has 0 unspecified atom stereocenters. The molecule has 1 saturated carbocycles. The van der Waals surface area contributed by atoms with E-state index in [4.69, 9.17) is 4.74 Å². The predicted molar refractivity (Wildman–Crippen MR) is 87.7 cm³/mol. The summed E-state index contributed by atoms with van der Waals surface area (Å²) >= 11 is 3.21. The van der Waals surface area contributed by atoms with E-state index in [1.807, 2.05) is 18.7 Å². The lowest BCUT2D eigenvalue weighted by atomic mass is 9.92. The number of hydrogen-bond donors (Lipinski definition) is 0. The lowest BCUT2D eigenvalue weighted by Crippen LogP contribution is -2.43. The second kappa shape index (κ2) is 5.99. The van der Waals surface area contributed by atoms with Gasteiger partial charge in [-0.3, -0.25) is 0 Å². The highest BCUT2D eigenvalue weighted by Gasteiger charge is 2.35. The third-order valence-electron chi connectivity index (χ3n) is 4.79. The Labute approximate surface area is 139 Å². The molecule has 0 bridgehead atoms. The van der Waals surface area contributed by atoms with Crippen molar-refractivity contribution in [2.24, 2.45) is 0 Å². The minimum Gasteiger partial charge on any atom is -0.489 e. The smallest absolute Gasteiger partial charge is 0.183 e. The zero-order chi connectivity index (χ0) is 16.0. The molecule has 1 aromatic rings. The molecule has 2 nitrogen and oxygen atoms in total. The van der Waals surface area contributed by atoms with E-state index in [2.05, 4.69) is 22.9 Å². The average molecular weight is 374 g/mol. The molecule has 5 heteroatoms. The summed E-state index contributed by atoms with van der Waals surface area (Å²) in [6.45, 7) is 6.09. The Hall–Kier alpha value is -0.840. The van der Waals surface area contributed by atoms with Crippen LogP contribution in [0.5, 0.6) is 5.75 Å². The topological polar surface area (TPSA) is 12.5 Å². The van der Waals surface area contributed by atoms with E-state index in [0.29, 0.717) is 11.4 Å². The molecule has 1 heterocycles. The van der Waals surface area contributed by atoms with Crippen LogP contribution in [0.15, 0.2) is 4.47 Å². The van der Waals surface area contributed by atoms with Crippen LogP contribution in [0.25, 0.3) is 0 Å². The number of ether oxygens (including phenoxy) is 1. The molecule has 0 spiro atoms. The molecule has 1 aliphatic heterocycles. The molecule has 3 rings (SSSR count). The van der Waals surface area contributed by atoms with Crippen molar-refractivity contribution in [2.75, 3.05) is 4.90 Å². The lowest BCUT2D eigenvalue weighted by Gasteiger charge is -2.41. The summed E-state index contributed by atoms with van der Waals surface area (Å²) in [6.07, 6.45) is 4.90. The van der Waals surface area contributed by atoms with Crippen LogP contribution in [0.4, 0.5) is 14.5 Å². The number of benzene rings is 1. The van der Waals surface area contributed by atoms with Crippen LogP contribution < -0.4 is 9.64 Å². The highest BCUT2D eigenvalue weighted by molar-refractivity contribution is 9.10. The van der Waals surface area contributed by atoms with E-state index in [9.17, 15) is 8.78 Å². The molecule has 2 aliphatic rings. The van der Waals surface area contributed by atoms with E-state index in [-0.39, 0.29) is 22.7 Å². The SMILES string of the molecule is CC(C)N1c2c(F)c(F)c(Br)c(OC3CCC3)c2CC[C@@H]1C. The van der Waals surface area contributed by atoms with Gasteiger partial charge in [-0.15, -0.1) is 0 Å². The number of nitrogens with zero attached hydrogens (tertiary/aromatic N) is 1. The summed E-state index contributed by atoms with van der Waals surface area (Å²) < 4.78 is 35.2. The fourth-order valence-electron chi connectivity index (χ4n) is 3.43. The van der Waals surface area contributed by atoms with Crippen molar-refractivity contribution in [1.29, 1.82) is 0 Å². The van der Waals surface area contributed by atoms with Crippen LogP contribution >= 0.6 is 15.9 Å². The molecule has 1 aliphatic carbocycles. The van der Waals surface area contributed by atoms with Crippen LogP contribution in [0.2, 0.25) is 0 Å². The number of halogens is 3. The van der Waals surface area contributed by atoms with Gasteiger partial charge in [0.1, 0.15) is 5.75 Å². The van der Waals surface area contributed by atoms with Crippen molar-refractivity contribution < 1.29 is 13.5 Å². The minimum absolute atomic E-state index is 0.112. The maximum atomic E-state index is 14.6. The maximum absolute atomic E-state index is 14.6. The molecule has 0 amide bonds. The van der Waals surface area contributed by atoms with Gasteiger partial charge in [-0.05, 0) is 68.8 Å². The van der Waals surface area contributed by atoms with E-state index in [1.54, 1.807) is 0 Å². The Morgan fingerprint density at radius 2 is 1.86 bits per heavy atom. The average Bonchev–Trinajstić information content (AvgIpc) is 2.42. The van der Waals surface area contributed by atoms with E-state index in [0.717, 1.165) is 37.7 Å². The summed E-state index contributed by atoms with van der Waals surface area (Å²) in [4.78, 5) is 1.98. The standard InChI is InChI=1S/C17H22BrF2NO/c1-9(2)21-10(3)7-8-12-16(21)15(20)14(19)13(18)17(12)22-11-5-4-6-11/h9-11H,4-8H2,1-3H3/t10-/m0/s1. The molecule has 0 saturated heterocycles. The van der Waals surface area contributed by atoms with Gasteiger partial charge in [0, 0.05) is 17.6 Å². The molecule has 0 N–H and O–H groups in total. The zero-order valence-corrected chi connectivity index (χ0v) is 14.8. The molecule has 122 valence electrons. The van der Waals surface area contributed by atoms with Gasteiger partial charge >= 0.3 is 0 Å². The Kier molecular flexibility index (Phi) is 4.36. The molecule has 0 aromatic heterocycles. The van der Waals surface area contributed by atoms with Gasteiger partial charge < -0.3 is 9.64 Å². The van der Waals surface area contributed by atoms with Gasteiger partial charge in [0.25, 0.3) is 0 Å². The van der Waals surface area contributed by atoms with Gasteiger partial charge in [0.15, 0.2) is 11.6 Å². The van der Waals surface area contributed by atoms with Crippen LogP contribution in [-0.2, 0) is 6.42 Å². The number of hydrogen-bond acceptors (Lipinski definition) is 2. The van der Waals surface area contributed by atoms with Crippen molar-refractivity contribution in [3.8, 4) is 5.75 Å². The van der Waals surface area contributed by atoms with Crippen molar-refractivity contribution in [3.05, 3.63) is 21.7 Å². The molecule has 1 fully saturated rings. The quantitative estimate of drug-likeness (QED) is 0.674. The van der Waals surface area contributed by atoms with Gasteiger partial charge in [-0.2, -0.15) is 0 Å². The number of anilines is 1. The zero-order valence-electron chi connectivity index (χ0n) is 13.3. The largest absolute Gasteiger partial charge is 0.489 e. The second-order valence-corrected chi connectivity index (χ2v) is 7.45. The summed E-state index contributed by atoms with van der Waals surface area (Å²) in [5.74, 6) is -1.09. The Morgan fingerprint density at radius 3 is 2.41 bits per heavy atom. The van der Waals surface area contributed by atoms with Crippen molar-refractivity contribution in [3.63, 3.8) is 0 Å². The van der Waals surface area contributed by atoms with Crippen molar-refractivity contribution >= 4 is 21.6 Å². The maximum Gasteiger partial charge on any atom is 0.183 e. The first-order valence-corrected chi connectivity index (χ1v) is 8.85. The first-order chi connectivity index (χ1) is 10.4. The minimum atomic E-state index is -0.840. The fraction of sp³-hybridized carbons (Fsp3) is 0.647. The molecule has 1 aromatic carbocycles. The summed E-state index contributed by atoms with van der Waals surface area (Å²) in [6, 6.07) is 0.305. The van der Waals surface area contributed by atoms with E-state index in [1.165, 1.54) is 0 Å². The second-order valence-electron chi connectivity index (χ2n) is 6.66. The molecule has 0 radical (unpaired) electrons. The van der Waals surface area contributed by atoms with Crippen molar-refractivity contribution in [2.45, 2.75) is 71.1 Å². The first kappa shape index (κ1) is 16.0. The monoisotopic (exact) mass is 373 g/mol. The highest BCUT2D eigenvalue weighted by atomic mass is 79.9. The molecular weight excluding hydrogens is 352 g/mol. The Balaban J connectivity index is 2.14. The number of fused-ring (bicyclic) bond motifs is 1. The van der Waals surface area contributed by atoms with Crippen LogP contribution in [0.1, 0.15) is 52.0 Å². The lowest BCUT2D eigenvalue weighted by molar-refractivity contribution is 0.117. The van der Waals surface area contributed by atoms with Crippen LogP contribution in [0, 0.1) is 11.6 Å². The third kappa shape index (κ3) is 2.51. The first-order valence-electron chi connectivity index (χ1n) is 8.06. The molecule has 1 atom stereocenters. The summed E-state index contributed by atoms with van der Waals surface area (Å²) in [7, 11) is 0. The third-order valence-corrected chi connectivity index (χ3v) is 5.50. The van der Waals surface area contributed by atoms with E-state index >= 15 is 0 Å². The normalized spacial score (nSPS) is 21.8. The summed E-state index contributed by atoms with van der Waals surface area (Å²) in [5.41, 5.74) is 1.20. The predicted octanol–water partition coefficient (Wildman–Crippen LogP) is 5.21. The Bertz CT molecular complexity index is 587. The van der Waals surface area contributed by atoms with Crippen LogP contribution in [0.3, 0.4) is 0 Å². The van der Waals surface area contributed by atoms with Crippen LogP contribution in [-0.4, -0.2) is 18.2 Å². The highest BCUT2D eigenvalue weighted by Crippen LogP contribution is 2.46. The van der Waals surface area contributed by atoms with Gasteiger partial charge in [-0.1, -0.05) is 0 Å². The van der Waals surface area contributed by atoms with Crippen molar-refractivity contribution in [1.82, 2.24) is 0 Å². The Morgan fingerprint density at radius 1 is 1.18 bits per heavy atom. The van der Waals surface area contributed by atoms with Gasteiger partial charge in [0.2, 0.25) is 0 Å². The van der Waals surface area contributed by atoms with Gasteiger partial charge in [-0.25, -0.2) is 8.78 Å². The van der Waals surface area contributed by atoms with E-state index < -0.39 is 11.6 Å². The molecule has 22 heavy (non-hydrogen) atoms. The summed E-state index contributed by atoms with van der Waals surface area (Å²) in [5, 5.41) is 0. The van der Waals surface area contributed by atoms with Gasteiger partial charge in [0.05, 0.1) is 16.3 Å². The fourth-order valence-corrected chi connectivity index (χ4v) is 3.94. The number of rotatable bonds is 3. The molecular formula is C17H22BrF2NO.